The van der Waals surface area contributed by atoms with Crippen LogP contribution in [0.5, 0.6) is 0 Å². The molecule has 0 bridgehead atoms. The topological polar surface area (TPSA) is 73.5 Å². The molecule has 2 aromatic rings. The molecule has 3 amide bonds. The SMILES string of the molecule is C/C=C(\CN(C)C)C(=O)NC(C)c1ccccc1.CC.CC/C=C/NC(=O)Nc1ccc(C)c(C)c1. The largest absolute Gasteiger partial charge is 0.346 e. The molecule has 3 N–H and O–H groups in total. The minimum Gasteiger partial charge on any atom is -0.346 e. The minimum atomic E-state index is -0.215. The van der Waals surface area contributed by atoms with Gasteiger partial charge in [0.15, 0.2) is 0 Å². The number of rotatable bonds is 8. The number of nitrogens with zero attached hydrogens (tertiary/aromatic N) is 1. The van der Waals surface area contributed by atoms with Crippen molar-refractivity contribution in [3.05, 3.63) is 89.1 Å². The smallest absolute Gasteiger partial charge is 0.323 e. The average Bonchev–Trinajstić information content (AvgIpc) is 2.87. The first kappa shape index (κ1) is 32.6. The van der Waals surface area contributed by atoms with Crippen molar-refractivity contribution in [2.45, 2.75) is 60.9 Å². The van der Waals surface area contributed by atoms with Crippen molar-refractivity contribution in [2.75, 3.05) is 26.0 Å². The van der Waals surface area contributed by atoms with Gasteiger partial charge in [0.25, 0.3) is 0 Å². The van der Waals surface area contributed by atoms with Gasteiger partial charge in [0.05, 0.1) is 6.04 Å². The number of hydrogen-bond acceptors (Lipinski definition) is 3. The summed E-state index contributed by atoms with van der Waals surface area (Å²) in [4.78, 5) is 25.5. The summed E-state index contributed by atoms with van der Waals surface area (Å²) < 4.78 is 0. The molecule has 6 nitrogen and oxygen atoms in total. The molecular formula is C30H46N4O2. The molecule has 198 valence electrons. The lowest BCUT2D eigenvalue weighted by Crippen LogP contribution is -2.31. The Labute approximate surface area is 218 Å². The van der Waals surface area contributed by atoms with Crippen LogP contribution < -0.4 is 16.0 Å². The first-order valence-electron chi connectivity index (χ1n) is 12.6. The zero-order chi connectivity index (χ0) is 27.5. The second-order valence-corrected chi connectivity index (χ2v) is 8.37. The van der Waals surface area contributed by atoms with Gasteiger partial charge in [-0.25, -0.2) is 4.79 Å². The van der Waals surface area contributed by atoms with Gasteiger partial charge in [0.2, 0.25) is 5.91 Å². The van der Waals surface area contributed by atoms with E-state index in [4.69, 9.17) is 0 Å². The zero-order valence-electron chi connectivity index (χ0n) is 23.6. The highest BCUT2D eigenvalue weighted by atomic mass is 16.2. The maximum absolute atomic E-state index is 12.1. The Hall–Kier alpha value is -3.38. The van der Waals surface area contributed by atoms with E-state index in [1.807, 2.05) is 128 Å². The predicted molar refractivity (Wildman–Crippen MR) is 154 cm³/mol. The van der Waals surface area contributed by atoms with Crippen LogP contribution in [0.4, 0.5) is 10.5 Å². The van der Waals surface area contributed by atoms with E-state index in [0.29, 0.717) is 6.54 Å². The molecule has 1 unspecified atom stereocenters. The Balaban J connectivity index is 0.000000640. The van der Waals surface area contributed by atoms with Gasteiger partial charge in [0, 0.05) is 24.0 Å². The second kappa shape index (κ2) is 18.9. The maximum Gasteiger partial charge on any atom is 0.323 e. The number of nitrogens with one attached hydrogen (secondary N) is 3. The number of carbonyl (C=O) groups is 2. The number of hydrogen-bond donors (Lipinski definition) is 3. The first-order chi connectivity index (χ1) is 17.2. The number of allylic oxidation sites excluding steroid dienone is 2. The molecule has 1 atom stereocenters. The fraction of sp³-hybridized carbons (Fsp3) is 0.400. The lowest BCUT2D eigenvalue weighted by atomic mass is 10.1. The Kier molecular flexibility index (Phi) is 17.1. The van der Waals surface area contributed by atoms with Crippen LogP contribution in [-0.2, 0) is 4.79 Å². The second-order valence-electron chi connectivity index (χ2n) is 8.37. The van der Waals surface area contributed by atoms with Gasteiger partial charge in [-0.1, -0.05) is 69.3 Å². The van der Waals surface area contributed by atoms with Crippen LogP contribution in [0, 0.1) is 13.8 Å². The Morgan fingerprint density at radius 2 is 1.64 bits per heavy atom. The van der Waals surface area contributed by atoms with Crippen LogP contribution in [0.1, 0.15) is 63.8 Å². The predicted octanol–water partition coefficient (Wildman–Crippen LogP) is 6.75. The molecule has 36 heavy (non-hydrogen) atoms. The number of aryl methyl sites for hydroxylation is 2. The van der Waals surface area contributed by atoms with Crippen molar-refractivity contribution in [1.82, 2.24) is 15.5 Å². The van der Waals surface area contributed by atoms with E-state index in [1.165, 1.54) is 11.1 Å². The summed E-state index contributed by atoms with van der Waals surface area (Å²) in [7, 11) is 3.91. The highest BCUT2D eigenvalue weighted by molar-refractivity contribution is 5.94. The summed E-state index contributed by atoms with van der Waals surface area (Å²) >= 11 is 0. The molecule has 0 heterocycles. The number of anilines is 1. The lowest BCUT2D eigenvalue weighted by Gasteiger charge is -2.17. The summed E-state index contributed by atoms with van der Waals surface area (Å²) in [5.74, 6) is 0.00236. The summed E-state index contributed by atoms with van der Waals surface area (Å²) in [5.41, 5.74) is 5.11. The molecule has 2 aromatic carbocycles. The molecule has 0 fully saturated rings. The molecule has 0 saturated heterocycles. The van der Waals surface area contributed by atoms with E-state index in [0.717, 1.165) is 23.2 Å². The molecular weight excluding hydrogens is 448 g/mol. The first-order valence-corrected chi connectivity index (χ1v) is 12.6. The number of benzene rings is 2. The van der Waals surface area contributed by atoms with Crippen LogP contribution in [-0.4, -0.2) is 37.5 Å². The molecule has 0 aromatic heterocycles. The third-order valence-electron chi connectivity index (χ3n) is 5.11. The zero-order valence-corrected chi connectivity index (χ0v) is 23.6. The molecule has 0 spiro atoms. The van der Waals surface area contributed by atoms with Crippen molar-refractivity contribution in [3.63, 3.8) is 0 Å². The van der Waals surface area contributed by atoms with Gasteiger partial charge in [-0.2, -0.15) is 0 Å². The summed E-state index contributed by atoms with van der Waals surface area (Å²) in [6, 6.07) is 15.6. The van der Waals surface area contributed by atoms with E-state index >= 15 is 0 Å². The summed E-state index contributed by atoms with van der Waals surface area (Å²) in [5, 5.41) is 8.42. The minimum absolute atomic E-state index is 0.00236. The quantitative estimate of drug-likeness (QED) is 0.356. The van der Waals surface area contributed by atoms with Crippen LogP contribution in [0.2, 0.25) is 0 Å². The highest BCUT2D eigenvalue weighted by Gasteiger charge is 2.13. The Morgan fingerprint density at radius 1 is 1.00 bits per heavy atom. The number of carbonyl (C=O) groups excluding carboxylic acids is 2. The van der Waals surface area contributed by atoms with E-state index in [9.17, 15) is 9.59 Å². The normalized spacial score (nSPS) is 11.6. The average molecular weight is 495 g/mol. The van der Waals surface area contributed by atoms with Gasteiger partial charge in [-0.3, -0.25) is 4.79 Å². The van der Waals surface area contributed by atoms with Gasteiger partial charge >= 0.3 is 6.03 Å². The number of likely N-dealkylation sites (N-methyl/N-ethyl adjacent to an activating group) is 1. The van der Waals surface area contributed by atoms with Crippen molar-refractivity contribution in [3.8, 4) is 0 Å². The van der Waals surface area contributed by atoms with Crippen molar-refractivity contribution in [1.29, 1.82) is 0 Å². The van der Waals surface area contributed by atoms with Crippen molar-refractivity contribution in [2.24, 2.45) is 0 Å². The molecule has 0 aliphatic heterocycles. The van der Waals surface area contributed by atoms with E-state index in [2.05, 4.69) is 16.0 Å². The van der Waals surface area contributed by atoms with Gasteiger partial charge in [-0.15, -0.1) is 0 Å². The van der Waals surface area contributed by atoms with Gasteiger partial charge in [-0.05, 0) is 77.0 Å². The number of urea groups is 1. The van der Waals surface area contributed by atoms with Crippen molar-refractivity contribution < 1.29 is 9.59 Å². The Morgan fingerprint density at radius 3 is 2.17 bits per heavy atom. The maximum atomic E-state index is 12.1. The fourth-order valence-electron chi connectivity index (χ4n) is 2.99. The third-order valence-corrected chi connectivity index (χ3v) is 5.11. The fourth-order valence-corrected chi connectivity index (χ4v) is 2.99. The molecule has 2 rings (SSSR count). The molecule has 0 saturated carbocycles. The standard InChI is InChI=1S/C15H22N2O.C13H18N2O.C2H6/c1-5-13(11-17(3)4)15(18)16-12(2)14-9-7-6-8-10-14;1-4-5-8-14-13(16)15-12-7-6-10(2)11(3)9-12;1-2/h5-10,12H,11H2,1-4H3,(H,16,18);5-9H,4H2,1-3H3,(H2,14,15,16);1-2H3/b13-5+;8-5+;. The molecule has 0 aliphatic rings. The van der Waals surface area contributed by atoms with Crippen LogP contribution in [0.25, 0.3) is 0 Å². The van der Waals surface area contributed by atoms with E-state index in [1.54, 1.807) is 6.20 Å². The van der Waals surface area contributed by atoms with Crippen LogP contribution >= 0.6 is 0 Å². The van der Waals surface area contributed by atoms with Crippen molar-refractivity contribution >= 4 is 17.6 Å². The van der Waals surface area contributed by atoms with Crippen LogP contribution in [0.15, 0.2) is 72.5 Å². The summed E-state index contributed by atoms with van der Waals surface area (Å²) in [6.45, 7) is 14.6. The van der Waals surface area contributed by atoms with E-state index < -0.39 is 0 Å². The number of amides is 3. The summed E-state index contributed by atoms with van der Waals surface area (Å²) in [6.07, 6.45) is 6.31. The molecule has 0 aliphatic carbocycles. The van der Waals surface area contributed by atoms with Gasteiger partial charge in [0.1, 0.15) is 0 Å². The van der Waals surface area contributed by atoms with Crippen LogP contribution in [0.3, 0.4) is 0 Å². The van der Waals surface area contributed by atoms with E-state index in [-0.39, 0.29) is 18.0 Å². The lowest BCUT2D eigenvalue weighted by molar-refractivity contribution is -0.118. The molecule has 6 heteroatoms. The molecule has 0 radical (unpaired) electrons. The monoisotopic (exact) mass is 494 g/mol. The third kappa shape index (κ3) is 13.5. The Bertz CT molecular complexity index is 966. The highest BCUT2D eigenvalue weighted by Crippen LogP contribution is 2.14. The van der Waals surface area contributed by atoms with Gasteiger partial charge < -0.3 is 20.9 Å².